The van der Waals surface area contributed by atoms with E-state index < -0.39 is 0 Å². The van der Waals surface area contributed by atoms with E-state index in [4.69, 9.17) is 15.3 Å². The Balaban J connectivity index is 0.000000771. The number of nitrogens with zero attached hydrogens (tertiary/aromatic N) is 2. The summed E-state index contributed by atoms with van der Waals surface area (Å²) < 4.78 is 1.62. The number of hydrogen-bond acceptors (Lipinski definition) is 6. The maximum absolute atomic E-state index is 12.7. The molecule has 0 amide bonds. The zero-order valence-electron chi connectivity index (χ0n) is 19.3. The lowest BCUT2D eigenvalue weighted by Gasteiger charge is -2.22. The topological polar surface area (TPSA) is 139 Å². The highest BCUT2D eigenvalue weighted by atomic mass is 16.1. The molecular formula is C25H32N6O3. The summed E-state index contributed by atoms with van der Waals surface area (Å²) in [6, 6.07) is 8.14. The van der Waals surface area contributed by atoms with Crippen molar-refractivity contribution in [2.45, 2.75) is 32.1 Å². The maximum atomic E-state index is 12.7. The van der Waals surface area contributed by atoms with Crippen molar-refractivity contribution in [2.24, 2.45) is 11.7 Å². The fourth-order valence-corrected chi connectivity index (χ4v) is 4.59. The molecular weight excluding hydrogens is 432 g/mol. The standard InChI is InChI=1S/C23H28N6O.2CH2O/c24-8-5-16-13-26-21-12-19(3-4-20(16)21)29-14-17-11-18(27-22(17)28-23(29)30)2-1-15-6-9-25-10-7-15;2*1-2/h3-4,11-15,25-26H,1-2,5-10,24H2,(H,27,28,30);2*1H2. The number of piperidine rings is 1. The molecule has 0 unspecified atom stereocenters. The molecule has 0 spiro atoms. The summed E-state index contributed by atoms with van der Waals surface area (Å²) in [5, 5.41) is 5.53. The second-order valence-corrected chi connectivity index (χ2v) is 8.31. The lowest BCUT2D eigenvalue weighted by molar-refractivity contribution is -0.0987. The first kappa shape index (κ1) is 25.1. The minimum Gasteiger partial charge on any atom is -0.361 e. The largest absolute Gasteiger partial charge is 0.361 e. The molecule has 4 heterocycles. The Morgan fingerprint density at radius 3 is 2.59 bits per heavy atom. The van der Waals surface area contributed by atoms with E-state index in [0.717, 1.165) is 59.5 Å². The molecule has 34 heavy (non-hydrogen) atoms. The normalized spacial score (nSPS) is 13.8. The minimum atomic E-state index is -0.276. The second-order valence-electron chi connectivity index (χ2n) is 8.31. The summed E-state index contributed by atoms with van der Waals surface area (Å²) in [5.41, 5.74) is 10.2. The van der Waals surface area contributed by atoms with Crippen molar-refractivity contribution in [2.75, 3.05) is 19.6 Å². The van der Waals surface area contributed by atoms with Gasteiger partial charge in [0.1, 0.15) is 19.2 Å². The number of nitrogens with two attached hydrogens (primary N) is 1. The van der Waals surface area contributed by atoms with Crippen LogP contribution in [-0.2, 0) is 22.4 Å². The van der Waals surface area contributed by atoms with E-state index in [1.165, 1.54) is 24.8 Å². The molecule has 1 saturated heterocycles. The van der Waals surface area contributed by atoms with E-state index in [1.807, 2.05) is 44.2 Å². The van der Waals surface area contributed by atoms with Crippen LogP contribution >= 0.6 is 0 Å². The van der Waals surface area contributed by atoms with Crippen molar-refractivity contribution in [1.29, 1.82) is 0 Å². The summed E-state index contributed by atoms with van der Waals surface area (Å²) in [4.78, 5) is 39.6. The molecule has 0 atom stereocenters. The number of benzene rings is 1. The van der Waals surface area contributed by atoms with Crippen LogP contribution in [0.1, 0.15) is 30.5 Å². The smallest absolute Gasteiger partial charge is 0.354 e. The number of fused-ring (bicyclic) bond motifs is 2. The van der Waals surface area contributed by atoms with Crippen molar-refractivity contribution in [1.82, 2.24) is 24.8 Å². The first-order chi connectivity index (χ1) is 16.7. The molecule has 0 bridgehead atoms. The molecule has 1 aromatic carbocycles. The highest BCUT2D eigenvalue weighted by Gasteiger charge is 2.14. The molecule has 0 saturated carbocycles. The van der Waals surface area contributed by atoms with E-state index >= 15 is 0 Å². The van der Waals surface area contributed by atoms with Gasteiger partial charge in [-0.1, -0.05) is 6.07 Å². The third-order valence-corrected chi connectivity index (χ3v) is 6.29. The van der Waals surface area contributed by atoms with Crippen LogP contribution in [0, 0.1) is 5.92 Å². The number of rotatable bonds is 6. The van der Waals surface area contributed by atoms with Crippen LogP contribution in [-0.4, -0.2) is 52.7 Å². The molecule has 1 fully saturated rings. The average Bonchev–Trinajstić information content (AvgIpc) is 3.48. The van der Waals surface area contributed by atoms with Crippen molar-refractivity contribution in [3.05, 3.63) is 58.4 Å². The first-order valence-corrected chi connectivity index (χ1v) is 11.4. The van der Waals surface area contributed by atoms with Gasteiger partial charge in [0.25, 0.3) is 0 Å². The highest BCUT2D eigenvalue weighted by molar-refractivity contribution is 5.85. The van der Waals surface area contributed by atoms with Gasteiger partial charge >= 0.3 is 5.69 Å². The molecule has 0 aliphatic carbocycles. The lowest BCUT2D eigenvalue weighted by atomic mass is 9.92. The number of aromatic nitrogens is 4. The molecule has 9 nitrogen and oxygen atoms in total. The van der Waals surface area contributed by atoms with E-state index in [9.17, 15) is 4.79 Å². The Labute approximate surface area is 197 Å². The zero-order valence-corrected chi connectivity index (χ0v) is 19.3. The van der Waals surface area contributed by atoms with E-state index in [-0.39, 0.29) is 5.69 Å². The number of carbonyl (C=O) groups excluding carboxylic acids is 2. The fraction of sp³-hybridized carbons (Fsp3) is 0.360. The van der Waals surface area contributed by atoms with Gasteiger partial charge in [0.2, 0.25) is 0 Å². The Hall–Kier alpha value is -3.56. The van der Waals surface area contributed by atoms with Crippen LogP contribution < -0.4 is 16.7 Å². The van der Waals surface area contributed by atoms with Crippen LogP contribution in [0.2, 0.25) is 0 Å². The number of aromatic amines is 2. The predicted molar refractivity (Wildman–Crippen MR) is 134 cm³/mol. The van der Waals surface area contributed by atoms with Gasteiger partial charge < -0.3 is 30.6 Å². The maximum Gasteiger partial charge on any atom is 0.354 e. The first-order valence-electron chi connectivity index (χ1n) is 11.4. The Morgan fingerprint density at radius 1 is 1.09 bits per heavy atom. The van der Waals surface area contributed by atoms with Crippen LogP contribution in [0.15, 0.2) is 41.5 Å². The van der Waals surface area contributed by atoms with Crippen LogP contribution in [0.25, 0.3) is 27.6 Å². The molecule has 0 radical (unpaired) electrons. The summed E-state index contributed by atoms with van der Waals surface area (Å²) >= 11 is 0. The molecule has 180 valence electrons. The third-order valence-electron chi connectivity index (χ3n) is 6.29. The number of H-pyrrole nitrogens is 2. The van der Waals surface area contributed by atoms with Gasteiger partial charge in [-0.15, -0.1) is 0 Å². The van der Waals surface area contributed by atoms with Gasteiger partial charge in [-0.2, -0.15) is 4.98 Å². The Bertz CT molecular complexity index is 1270. The third kappa shape index (κ3) is 5.49. The van der Waals surface area contributed by atoms with Gasteiger partial charge in [0.05, 0.1) is 5.69 Å². The summed E-state index contributed by atoms with van der Waals surface area (Å²) in [5.74, 6) is 0.780. The van der Waals surface area contributed by atoms with Crippen LogP contribution in [0.5, 0.6) is 0 Å². The van der Waals surface area contributed by atoms with E-state index in [2.05, 4.69) is 26.3 Å². The number of carbonyl (C=O) groups is 2. The molecule has 4 aromatic rings. The molecule has 1 aliphatic heterocycles. The van der Waals surface area contributed by atoms with Crippen LogP contribution in [0.4, 0.5) is 0 Å². The summed E-state index contributed by atoms with van der Waals surface area (Å²) in [6.45, 7) is 6.86. The minimum absolute atomic E-state index is 0.276. The van der Waals surface area contributed by atoms with Crippen molar-refractivity contribution < 1.29 is 9.59 Å². The fourth-order valence-electron chi connectivity index (χ4n) is 4.59. The van der Waals surface area contributed by atoms with Gasteiger partial charge in [-0.05, 0) is 81.4 Å². The van der Waals surface area contributed by atoms with Gasteiger partial charge in [0, 0.05) is 34.4 Å². The number of nitrogens with one attached hydrogen (secondary N) is 3. The van der Waals surface area contributed by atoms with Crippen molar-refractivity contribution in [3.8, 4) is 5.69 Å². The highest BCUT2D eigenvalue weighted by Crippen LogP contribution is 2.23. The van der Waals surface area contributed by atoms with Gasteiger partial charge in [-0.25, -0.2) is 4.79 Å². The van der Waals surface area contributed by atoms with Crippen LogP contribution in [0.3, 0.4) is 0 Å². The monoisotopic (exact) mass is 464 g/mol. The summed E-state index contributed by atoms with van der Waals surface area (Å²) in [6.07, 6.45) is 9.37. The second kappa shape index (κ2) is 12.1. The van der Waals surface area contributed by atoms with Crippen molar-refractivity contribution in [3.63, 3.8) is 0 Å². The zero-order chi connectivity index (χ0) is 24.5. The molecule has 5 N–H and O–H groups in total. The lowest BCUT2D eigenvalue weighted by Crippen LogP contribution is -2.27. The molecule has 1 aliphatic rings. The Kier molecular flexibility index (Phi) is 8.89. The molecule has 9 heteroatoms. The Morgan fingerprint density at radius 2 is 1.85 bits per heavy atom. The van der Waals surface area contributed by atoms with E-state index in [0.29, 0.717) is 12.2 Å². The molecule has 3 aromatic heterocycles. The van der Waals surface area contributed by atoms with Gasteiger partial charge in [-0.3, -0.25) is 4.57 Å². The summed E-state index contributed by atoms with van der Waals surface area (Å²) in [7, 11) is 0. The molecule has 5 rings (SSSR count). The number of hydrogen-bond donors (Lipinski definition) is 4. The number of aryl methyl sites for hydroxylation is 1. The SMILES string of the molecule is C=O.C=O.NCCc1c[nH]c2cc(-n3cc4cc(CCC5CCNCC5)[nH]c4nc3=O)ccc12. The van der Waals surface area contributed by atoms with Gasteiger partial charge in [0.15, 0.2) is 0 Å². The average molecular weight is 465 g/mol. The van der Waals surface area contributed by atoms with E-state index in [1.54, 1.807) is 4.57 Å². The quantitative estimate of drug-likeness (QED) is 0.345. The van der Waals surface area contributed by atoms with Crippen molar-refractivity contribution >= 4 is 35.5 Å². The predicted octanol–water partition coefficient (Wildman–Crippen LogP) is 2.26.